The number of rotatable bonds is 3. The van der Waals surface area contributed by atoms with Crippen molar-refractivity contribution in [2.45, 2.75) is 12.6 Å². The van der Waals surface area contributed by atoms with E-state index in [0.717, 1.165) is 0 Å². The topological polar surface area (TPSA) is 69.6 Å². The lowest BCUT2D eigenvalue weighted by Gasteiger charge is -2.24. The maximum atomic E-state index is 12.4. The lowest BCUT2D eigenvalue weighted by molar-refractivity contribution is -0.196. The molecule has 1 rings (SSSR count). The van der Waals surface area contributed by atoms with Gasteiger partial charge in [-0.3, -0.25) is 14.5 Å². The fourth-order valence-corrected chi connectivity index (χ4v) is 1.58. The first-order chi connectivity index (χ1) is 7.80. The zero-order chi connectivity index (χ0) is 13.1. The van der Waals surface area contributed by atoms with E-state index in [1.807, 2.05) is 0 Å². The van der Waals surface area contributed by atoms with Gasteiger partial charge in [0.15, 0.2) is 5.92 Å². The Morgan fingerprint density at radius 2 is 2.12 bits per heavy atom. The zero-order valence-corrected chi connectivity index (χ0v) is 8.96. The van der Waals surface area contributed by atoms with Gasteiger partial charge in [-0.05, 0) is 0 Å². The normalized spacial score (nSPS) is 20.5. The van der Waals surface area contributed by atoms with E-state index in [4.69, 9.17) is 5.11 Å². The number of carboxylic acid groups (broad SMARTS) is 1. The maximum absolute atomic E-state index is 12.4. The second-order valence-corrected chi connectivity index (χ2v) is 3.83. The van der Waals surface area contributed by atoms with Gasteiger partial charge in [0, 0.05) is 32.6 Å². The highest BCUT2D eigenvalue weighted by atomic mass is 19.4. The molecule has 98 valence electrons. The van der Waals surface area contributed by atoms with Crippen LogP contribution in [0.25, 0.3) is 0 Å². The van der Waals surface area contributed by atoms with Crippen molar-refractivity contribution in [3.05, 3.63) is 0 Å². The van der Waals surface area contributed by atoms with Crippen molar-refractivity contribution in [1.29, 1.82) is 0 Å². The van der Waals surface area contributed by atoms with Gasteiger partial charge < -0.3 is 10.4 Å². The molecule has 1 fully saturated rings. The highest BCUT2D eigenvalue weighted by molar-refractivity contribution is 5.76. The van der Waals surface area contributed by atoms with Crippen LogP contribution in [0.3, 0.4) is 0 Å². The summed E-state index contributed by atoms with van der Waals surface area (Å²) in [6.07, 6.45) is -4.68. The van der Waals surface area contributed by atoms with Crippen LogP contribution in [0, 0.1) is 5.92 Å². The summed E-state index contributed by atoms with van der Waals surface area (Å²) in [4.78, 5) is 22.8. The molecule has 1 aliphatic rings. The van der Waals surface area contributed by atoms with E-state index in [-0.39, 0.29) is 32.0 Å². The Labute approximate surface area is 95.6 Å². The van der Waals surface area contributed by atoms with Crippen molar-refractivity contribution in [1.82, 2.24) is 10.2 Å². The molecule has 0 aromatic heterocycles. The number of carbonyl (C=O) groups is 2. The Hall–Kier alpha value is -1.31. The summed E-state index contributed by atoms with van der Waals surface area (Å²) < 4.78 is 37.2. The fraction of sp³-hybridized carbons (Fsp3) is 0.778. The number of nitrogens with one attached hydrogen (secondary N) is 1. The Bertz CT molecular complexity index is 306. The fourth-order valence-electron chi connectivity index (χ4n) is 1.58. The molecule has 0 saturated carbocycles. The summed E-state index contributed by atoms with van der Waals surface area (Å²) in [5.74, 6) is -4.52. The largest absolute Gasteiger partial charge is 0.481 e. The number of aliphatic carboxylic acids is 1. The lowest BCUT2D eigenvalue weighted by Crippen LogP contribution is -2.42. The molecule has 1 aliphatic heterocycles. The van der Waals surface area contributed by atoms with Crippen LogP contribution in [0.4, 0.5) is 13.2 Å². The summed E-state index contributed by atoms with van der Waals surface area (Å²) in [6.45, 7) is -0.00584. The van der Waals surface area contributed by atoms with Crippen LogP contribution in [0.1, 0.15) is 6.42 Å². The van der Waals surface area contributed by atoms with E-state index in [9.17, 15) is 22.8 Å². The van der Waals surface area contributed by atoms with E-state index in [1.165, 1.54) is 4.90 Å². The van der Waals surface area contributed by atoms with E-state index in [1.54, 1.807) is 0 Å². The summed E-state index contributed by atoms with van der Waals surface area (Å²) in [7, 11) is 0. The smallest absolute Gasteiger partial charge is 0.403 e. The van der Waals surface area contributed by atoms with Gasteiger partial charge >= 0.3 is 12.1 Å². The average Bonchev–Trinajstić information content (AvgIpc) is 2.37. The van der Waals surface area contributed by atoms with E-state index >= 15 is 0 Å². The lowest BCUT2D eigenvalue weighted by atomic mass is 10.1. The number of nitrogens with zero attached hydrogens (tertiary/aromatic N) is 1. The predicted octanol–water partition coefficient (Wildman–Crippen LogP) is 0.0714. The number of carbonyl (C=O) groups excluding carboxylic acids is 1. The quantitative estimate of drug-likeness (QED) is 0.748. The second-order valence-electron chi connectivity index (χ2n) is 3.83. The summed E-state index contributed by atoms with van der Waals surface area (Å²) in [5, 5.41) is 11.0. The van der Waals surface area contributed by atoms with Crippen molar-refractivity contribution in [2.75, 3.05) is 26.2 Å². The van der Waals surface area contributed by atoms with Gasteiger partial charge in [-0.25, -0.2) is 0 Å². The highest BCUT2D eigenvalue weighted by Crippen LogP contribution is 2.27. The Morgan fingerprint density at radius 1 is 1.47 bits per heavy atom. The zero-order valence-electron chi connectivity index (χ0n) is 8.96. The molecular weight excluding hydrogens is 241 g/mol. The van der Waals surface area contributed by atoms with Crippen molar-refractivity contribution >= 4 is 11.9 Å². The van der Waals surface area contributed by atoms with Gasteiger partial charge in [0.05, 0.1) is 0 Å². The third-order valence-corrected chi connectivity index (χ3v) is 2.54. The summed E-state index contributed by atoms with van der Waals surface area (Å²) >= 11 is 0. The van der Waals surface area contributed by atoms with Crippen molar-refractivity contribution < 1.29 is 27.9 Å². The molecule has 1 atom stereocenters. The first-order valence-electron chi connectivity index (χ1n) is 5.09. The molecular formula is C9H13F3N2O3. The third kappa shape index (κ3) is 4.22. The Kier molecular flexibility index (Phi) is 4.33. The molecule has 1 amide bonds. The van der Waals surface area contributed by atoms with Crippen molar-refractivity contribution in [2.24, 2.45) is 5.92 Å². The van der Waals surface area contributed by atoms with E-state index in [2.05, 4.69) is 5.32 Å². The molecule has 17 heavy (non-hydrogen) atoms. The number of halogens is 3. The first kappa shape index (κ1) is 13.8. The number of hydrogen-bond acceptors (Lipinski definition) is 3. The molecule has 2 N–H and O–H groups in total. The maximum Gasteiger partial charge on any atom is 0.403 e. The van der Waals surface area contributed by atoms with Crippen LogP contribution in [-0.2, 0) is 9.59 Å². The van der Waals surface area contributed by atoms with Gasteiger partial charge in [-0.1, -0.05) is 0 Å². The monoisotopic (exact) mass is 254 g/mol. The summed E-state index contributed by atoms with van der Waals surface area (Å²) in [5.41, 5.74) is 0. The molecule has 0 bridgehead atoms. The molecule has 1 heterocycles. The van der Waals surface area contributed by atoms with E-state index < -0.39 is 24.6 Å². The predicted molar refractivity (Wildman–Crippen MR) is 51.2 cm³/mol. The molecule has 1 saturated heterocycles. The van der Waals surface area contributed by atoms with Crippen LogP contribution in [0.2, 0.25) is 0 Å². The van der Waals surface area contributed by atoms with Gasteiger partial charge in [0.25, 0.3) is 0 Å². The minimum atomic E-state index is -4.77. The van der Waals surface area contributed by atoms with Gasteiger partial charge in [0.1, 0.15) is 0 Å². The Balaban J connectivity index is 2.61. The minimum absolute atomic E-state index is 0.0875. The van der Waals surface area contributed by atoms with Crippen LogP contribution < -0.4 is 5.32 Å². The van der Waals surface area contributed by atoms with Gasteiger partial charge in [0.2, 0.25) is 5.91 Å². The molecule has 5 nitrogen and oxygen atoms in total. The summed E-state index contributed by atoms with van der Waals surface area (Å²) in [6, 6.07) is 0. The molecule has 0 aliphatic carbocycles. The van der Waals surface area contributed by atoms with E-state index in [0.29, 0.717) is 0 Å². The molecule has 0 aromatic carbocycles. The minimum Gasteiger partial charge on any atom is -0.481 e. The van der Waals surface area contributed by atoms with Gasteiger partial charge in [-0.15, -0.1) is 0 Å². The van der Waals surface area contributed by atoms with Crippen LogP contribution in [0.5, 0.6) is 0 Å². The van der Waals surface area contributed by atoms with Crippen molar-refractivity contribution in [3.8, 4) is 0 Å². The SMILES string of the molecule is O=C1CCN(CC(C(=O)O)C(F)(F)F)CCN1. The molecule has 1 unspecified atom stereocenters. The average molecular weight is 254 g/mol. The molecule has 8 heteroatoms. The number of carboxylic acids is 1. The standard InChI is InChI=1S/C9H13F3N2O3/c10-9(11,12)6(8(16)17)5-14-3-1-7(15)13-2-4-14/h6H,1-5H2,(H,13,15)(H,16,17). The van der Waals surface area contributed by atoms with Gasteiger partial charge in [-0.2, -0.15) is 13.2 Å². The molecule has 0 aromatic rings. The van der Waals surface area contributed by atoms with Crippen molar-refractivity contribution in [3.63, 3.8) is 0 Å². The van der Waals surface area contributed by atoms with Crippen LogP contribution >= 0.6 is 0 Å². The number of alkyl halides is 3. The first-order valence-corrected chi connectivity index (χ1v) is 5.09. The molecule has 0 radical (unpaired) electrons. The molecule has 0 spiro atoms. The Morgan fingerprint density at radius 3 is 2.65 bits per heavy atom. The number of hydrogen-bond donors (Lipinski definition) is 2. The highest BCUT2D eigenvalue weighted by Gasteiger charge is 2.45. The third-order valence-electron chi connectivity index (χ3n) is 2.54. The number of amides is 1. The van der Waals surface area contributed by atoms with Crippen LogP contribution in [-0.4, -0.2) is 54.2 Å². The van der Waals surface area contributed by atoms with Crippen LogP contribution in [0.15, 0.2) is 0 Å². The second kappa shape index (κ2) is 5.35.